The van der Waals surface area contributed by atoms with Crippen LogP contribution in [-0.4, -0.2) is 19.5 Å². The van der Waals surface area contributed by atoms with Crippen LogP contribution >= 0.6 is 11.6 Å². The third kappa shape index (κ3) is 9.23. The second kappa shape index (κ2) is 14.1. The number of hydrogen-bond acceptors (Lipinski definition) is 3. The van der Waals surface area contributed by atoms with Crippen molar-refractivity contribution in [3.05, 3.63) is 64.3 Å². The average Bonchev–Trinajstić information content (AvgIpc) is 2.61. The summed E-state index contributed by atoms with van der Waals surface area (Å²) in [6.07, 6.45) is 5.99. The largest absolute Gasteiger partial charge is 2.00 e. The molecule has 0 heterocycles. The number of terminal acetylenes is 1. The van der Waals surface area contributed by atoms with Crippen LogP contribution in [0.3, 0.4) is 0 Å². The van der Waals surface area contributed by atoms with Crippen molar-refractivity contribution in [2.24, 2.45) is 0 Å². The molecule has 0 radical (unpaired) electrons. The summed E-state index contributed by atoms with van der Waals surface area (Å²) < 4.78 is 10.5. The van der Waals surface area contributed by atoms with Crippen molar-refractivity contribution in [1.82, 2.24) is 0 Å². The van der Waals surface area contributed by atoms with Gasteiger partial charge in [0.15, 0.2) is 11.5 Å². The zero-order valence-corrected chi connectivity index (χ0v) is 18.5. The molecule has 0 amide bonds. The summed E-state index contributed by atoms with van der Waals surface area (Å²) in [7, 11) is 1.60. The third-order valence-corrected chi connectivity index (χ3v) is 3.50. The molecule has 0 aromatic heterocycles. The van der Waals surface area contributed by atoms with Gasteiger partial charge in [-0.15, -0.1) is 13.0 Å². The van der Waals surface area contributed by atoms with Crippen LogP contribution in [0.4, 0.5) is 0 Å². The fraction of sp³-hybridized carbons (Fsp3) is 0.263. The van der Waals surface area contributed by atoms with Crippen LogP contribution in [0.5, 0.6) is 11.5 Å². The Morgan fingerprint density at radius 1 is 1.12 bits per heavy atom. The molecule has 6 heteroatoms. The van der Waals surface area contributed by atoms with Gasteiger partial charge in [0.25, 0.3) is 0 Å². The molecule has 0 saturated heterocycles. The number of aryl methyl sites for hydroxylation is 1. The Morgan fingerprint density at radius 2 is 1.76 bits per heavy atom. The molecule has 132 valence electrons. The van der Waals surface area contributed by atoms with Crippen LogP contribution in [0.1, 0.15) is 11.1 Å². The number of hydrogen-bond donors (Lipinski definition) is 0. The molecule has 0 saturated carbocycles. The number of methoxy groups -OCH3 is 1. The first-order valence-corrected chi connectivity index (χ1v) is 8.30. The molecule has 0 aliphatic heterocycles. The first-order chi connectivity index (χ1) is 11.6. The molecule has 0 fully saturated rings. The van der Waals surface area contributed by atoms with Crippen molar-refractivity contribution in [1.29, 1.82) is 0 Å². The summed E-state index contributed by atoms with van der Waals surface area (Å²) in [5.74, 6) is 4.49. The Bertz CT molecular complexity index is 659. The van der Waals surface area contributed by atoms with Gasteiger partial charge >= 0.3 is 21.1 Å². The Kier molecular flexibility index (Phi) is 13.5. The van der Waals surface area contributed by atoms with Crippen LogP contribution in [0, 0.1) is 12.3 Å². The van der Waals surface area contributed by atoms with E-state index in [4.69, 9.17) is 45.9 Å². The summed E-state index contributed by atoms with van der Waals surface area (Å²) >= 11 is 10.5. The van der Waals surface area contributed by atoms with Gasteiger partial charge in [-0.1, -0.05) is 41.3 Å². The van der Waals surface area contributed by atoms with E-state index < -0.39 is 0 Å². The fourth-order valence-electron chi connectivity index (χ4n) is 1.83. The van der Waals surface area contributed by atoms with Crippen LogP contribution in [0.15, 0.2) is 42.5 Å². The molecule has 2 aromatic rings. The molecule has 0 aliphatic carbocycles. The molecule has 0 spiro atoms. The minimum Gasteiger partial charge on any atom is -0.792 e. The zero-order valence-electron chi connectivity index (χ0n) is 14.0. The second-order valence-electron chi connectivity index (χ2n) is 4.74. The van der Waals surface area contributed by atoms with Crippen molar-refractivity contribution >= 4 is 24.2 Å². The van der Waals surface area contributed by atoms with E-state index >= 15 is 0 Å². The van der Waals surface area contributed by atoms with E-state index in [-0.39, 0.29) is 27.7 Å². The van der Waals surface area contributed by atoms with Gasteiger partial charge in [0.05, 0.1) is 7.11 Å². The SMILES string of the molecule is C#CCOc1cc(CC[S-])ccc1OC.[NH-]Cc1ccc(Cl)cc1.[W+2]. The Morgan fingerprint density at radius 3 is 2.28 bits per heavy atom. The summed E-state index contributed by atoms with van der Waals surface area (Å²) in [4.78, 5) is 0. The van der Waals surface area contributed by atoms with Gasteiger partial charge in [0.2, 0.25) is 0 Å². The van der Waals surface area contributed by atoms with Gasteiger partial charge < -0.3 is 27.8 Å². The molecular formula is C19H20ClNO2SW. The van der Waals surface area contributed by atoms with Crippen molar-refractivity contribution in [3.63, 3.8) is 0 Å². The Balaban J connectivity index is 0.000000495. The van der Waals surface area contributed by atoms with Crippen LogP contribution in [-0.2, 0) is 46.7 Å². The molecule has 0 unspecified atom stereocenters. The normalized spacial score (nSPS) is 9.08. The number of rotatable bonds is 6. The van der Waals surface area contributed by atoms with Crippen LogP contribution < -0.4 is 9.47 Å². The Hall–Kier alpha value is -1.11. The molecule has 3 nitrogen and oxygen atoms in total. The quantitative estimate of drug-likeness (QED) is 0.391. The summed E-state index contributed by atoms with van der Waals surface area (Å²) in [6.45, 7) is 0.574. The third-order valence-electron chi connectivity index (χ3n) is 3.05. The van der Waals surface area contributed by atoms with Gasteiger partial charge in [-0.05, 0) is 36.2 Å². The van der Waals surface area contributed by atoms with E-state index in [0.717, 1.165) is 22.6 Å². The van der Waals surface area contributed by atoms with Gasteiger partial charge in [-0.2, -0.15) is 5.75 Å². The summed E-state index contributed by atoms with van der Waals surface area (Å²) in [5.41, 5.74) is 9.11. The van der Waals surface area contributed by atoms with Gasteiger partial charge in [0, 0.05) is 5.02 Å². The topological polar surface area (TPSA) is 42.3 Å². The second-order valence-corrected chi connectivity index (χ2v) is 5.58. The molecule has 2 aromatic carbocycles. The number of nitrogens with one attached hydrogen (secondary N) is 1. The number of benzene rings is 2. The smallest absolute Gasteiger partial charge is 0.792 e. The minimum absolute atomic E-state index is 0. The van der Waals surface area contributed by atoms with Crippen molar-refractivity contribution in [2.75, 3.05) is 19.5 Å². The van der Waals surface area contributed by atoms with E-state index in [1.54, 1.807) is 19.2 Å². The summed E-state index contributed by atoms with van der Waals surface area (Å²) in [6, 6.07) is 13.1. The van der Waals surface area contributed by atoms with E-state index in [0.29, 0.717) is 23.8 Å². The predicted molar refractivity (Wildman–Crippen MR) is 103 cm³/mol. The molecular weight excluding hydrogens is 526 g/mol. The predicted octanol–water partition coefficient (Wildman–Crippen LogP) is 4.69. The molecule has 1 N–H and O–H groups in total. The minimum atomic E-state index is 0. The molecule has 0 atom stereocenters. The van der Waals surface area contributed by atoms with Gasteiger partial charge in [-0.25, -0.2) is 0 Å². The molecule has 25 heavy (non-hydrogen) atoms. The van der Waals surface area contributed by atoms with E-state index in [9.17, 15) is 0 Å². The number of halogens is 1. The molecule has 0 bridgehead atoms. The van der Waals surface area contributed by atoms with E-state index in [1.807, 2.05) is 30.3 Å². The van der Waals surface area contributed by atoms with Gasteiger partial charge in [-0.3, -0.25) is 0 Å². The van der Waals surface area contributed by atoms with Crippen molar-refractivity contribution in [2.45, 2.75) is 13.0 Å². The number of ether oxygens (including phenoxy) is 2. The van der Waals surface area contributed by atoms with Crippen molar-refractivity contribution in [3.8, 4) is 23.8 Å². The van der Waals surface area contributed by atoms with Gasteiger partial charge in [0.1, 0.15) is 6.61 Å². The van der Waals surface area contributed by atoms with Crippen LogP contribution in [0.2, 0.25) is 5.02 Å². The maximum Gasteiger partial charge on any atom is 2.00 e. The fourth-order valence-corrected chi connectivity index (χ4v) is 2.19. The molecule has 0 aliphatic rings. The van der Waals surface area contributed by atoms with Crippen LogP contribution in [0.25, 0.3) is 5.73 Å². The van der Waals surface area contributed by atoms with E-state index in [2.05, 4.69) is 5.92 Å². The monoisotopic (exact) mass is 545 g/mol. The van der Waals surface area contributed by atoms with E-state index in [1.165, 1.54) is 0 Å². The zero-order chi connectivity index (χ0) is 17.8. The standard InChI is InChI=1S/C12H14O2S.C7H7ClN.W/c1-3-7-14-12-9-10(6-8-15)4-5-11(12)13-2;8-7-3-1-6(5-9)2-4-7;/h1,4-5,9,15H,6-8H2,2H3;1-4,9H,5H2;/q;-1;+2/p-1. The first-order valence-electron chi connectivity index (χ1n) is 7.35. The Labute approximate surface area is 174 Å². The summed E-state index contributed by atoms with van der Waals surface area (Å²) in [5, 5.41) is 0.729. The maximum absolute atomic E-state index is 6.97. The maximum atomic E-state index is 6.97. The first kappa shape index (κ1) is 23.9. The van der Waals surface area contributed by atoms with Crippen molar-refractivity contribution < 1.29 is 30.5 Å². The molecule has 2 rings (SSSR count). The average molecular weight is 546 g/mol.